The highest BCUT2D eigenvalue weighted by atomic mass is 16.5. The topological polar surface area (TPSA) is 86.3 Å². The number of nitrogens with zero attached hydrogens (tertiary/aromatic N) is 5. The van der Waals surface area contributed by atoms with Crippen molar-refractivity contribution in [1.29, 1.82) is 0 Å². The Kier molecular flexibility index (Phi) is 4.49. The molecule has 3 aromatic rings. The number of imidazole rings is 1. The molecule has 1 saturated heterocycles. The minimum Gasteiger partial charge on any atom is -0.368 e. The van der Waals surface area contributed by atoms with Gasteiger partial charge in [-0.1, -0.05) is 11.2 Å². The van der Waals surface area contributed by atoms with Crippen molar-refractivity contribution in [3.05, 3.63) is 53.6 Å². The van der Waals surface area contributed by atoms with Crippen LogP contribution in [0.1, 0.15) is 33.7 Å². The zero-order chi connectivity index (χ0) is 19.0. The molecule has 0 saturated carbocycles. The molecule has 1 aliphatic rings. The van der Waals surface area contributed by atoms with Crippen LogP contribution < -0.4 is 0 Å². The third-order valence-electron chi connectivity index (χ3n) is 4.67. The van der Waals surface area contributed by atoms with Crippen LogP contribution in [0.5, 0.6) is 0 Å². The van der Waals surface area contributed by atoms with E-state index < -0.39 is 0 Å². The number of aromatic nitrogens is 4. The average molecular weight is 367 g/mol. The SMILES string of the molecule is Cc1noc(C)c1-c1cccc(C2CN(C(=O)c3cn(C)cn3)CCO2)n1. The molecule has 1 atom stereocenters. The lowest BCUT2D eigenvalue weighted by Crippen LogP contribution is -2.42. The van der Waals surface area contributed by atoms with Gasteiger partial charge in [0.2, 0.25) is 0 Å². The number of ether oxygens (including phenoxy) is 1. The molecule has 1 aliphatic heterocycles. The second-order valence-electron chi connectivity index (χ2n) is 6.68. The molecule has 8 heteroatoms. The molecule has 0 aromatic carbocycles. The average Bonchev–Trinajstić information content (AvgIpc) is 3.26. The minimum absolute atomic E-state index is 0.0919. The van der Waals surface area contributed by atoms with Crippen LogP contribution >= 0.6 is 0 Å². The van der Waals surface area contributed by atoms with E-state index in [4.69, 9.17) is 14.2 Å². The van der Waals surface area contributed by atoms with Gasteiger partial charge in [0.15, 0.2) is 0 Å². The molecule has 8 nitrogen and oxygen atoms in total. The Morgan fingerprint density at radius 1 is 1.30 bits per heavy atom. The monoisotopic (exact) mass is 367 g/mol. The van der Waals surface area contributed by atoms with E-state index in [1.54, 1.807) is 22.0 Å². The quantitative estimate of drug-likeness (QED) is 0.706. The molecule has 1 unspecified atom stereocenters. The number of morpholine rings is 1. The van der Waals surface area contributed by atoms with E-state index in [2.05, 4.69) is 10.1 Å². The summed E-state index contributed by atoms with van der Waals surface area (Å²) in [6, 6.07) is 5.78. The van der Waals surface area contributed by atoms with Crippen molar-refractivity contribution >= 4 is 5.91 Å². The fourth-order valence-corrected chi connectivity index (χ4v) is 3.32. The molecule has 140 valence electrons. The summed E-state index contributed by atoms with van der Waals surface area (Å²) in [5, 5.41) is 4.00. The second-order valence-corrected chi connectivity index (χ2v) is 6.68. The van der Waals surface area contributed by atoms with Crippen molar-refractivity contribution in [3.8, 4) is 11.3 Å². The summed E-state index contributed by atoms with van der Waals surface area (Å²) in [6.07, 6.45) is 3.06. The molecular formula is C19H21N5O3. The van der Waals surface area contributed by atoms with Crippen LogP contribution in [0.2, 0.25) is 0 Å². The molecule has 0 aliphatic carbocycles. The summed E-state index contributed by atoms with van der Waals surface area (Å²) in [5.41, 5.74) is 3.71. The summed E-state index contributed by atoms with van der Waals surface area (Å²) < 4.78 is 12.9. The summed E-state index contributed by atoms with van der Waals surface area (Å²) in [4.78, 5) is 23.4. The minimum atomic E-state index is -0.285. The first kappa shape index (κ1) is 17.4. The van der Waals surface area contributed by atoms with Gasteiger partial charge in [-0.3, -0.25) is 4.79 Å². The summed E-state index contributed by atoms with van der Waals surface area (Å²) in [7, 11) is 1.84. The smallest absolute Gasteiger partial charge is 0.274 e. The van der Waals surface area contributed by atoms with Crippen molar-refractivity contribution in [2.45, 2.75) is 20.0 Å². The lowest BCUT2D eigenvalue weighted by Gasteiger charge is -2.32. The maximum absolute atomic E-state index is 12.7. The maximum atomic E-state index is 12.7. The predicted octanol–water partition coefficient (Wildman–Crippen LogP) is 2.30. The maximum Gasteiger partial charge on any atom is 0.274 e. The Balaban J connectivity index is 1.57. The number of carbonyl (C=O) groups excluding carboxylic acids is 1. The van der Waals surface area contributed by atoms with Crippen molar-refractivity contribution in [2.75, 3.05) is 19.7 Å². The van der Waals surface area contributed by atoms with Gasteiger partial charge in [0.05, 0.1) is 42.1 Å². The lowest BCUT2D eigenvalue weighted by molar-refractivity contribution is -0.0248. The van der Waals surface area contributed by atoms with Gasteiger partial charge in [0.25, 0.3) is 5.91 Å². The van der Waals surface area contributed by atoms with Gasteiger partial charge in [0, 0.05) is 19.8 Å². The van der Waals surface area contributed by atoms with E-state index in [9.17, 15) is 4.79 Å². The van der Waals surface area contributed by atoms with Crippen LogP contribution in [0, 0.1) is 13.8 Å². The number of amides is 1. The number of rotatable bonds is 3. The normalized spacial score (nSPS) is 17.3. The Morgan fingerprint density at radius 2 is 2.15 bits per heavy atom. The first-order chi connectivity index (χ1) is 13.0. The first-order valence-corrected chi connectivity index (χ1v) is 8.82. The van der Waals surface area contributed by atoms with E-state index in [1.165, 1.54) is 0 Å². The standard InChI is InChI=1S/C19H21N5O3/c1-12-18(13(2)27-22-12)15-6-4-5-14(21-15)17-10-24(7-8-26-17)19(25)16-9-23(3)11-20-16/h4-6,9,11,17H,7-8,10H2,1-3H3. The fraction of sp³-hybridized carbons (Fsp3) is 0.368. The van der Waals surface area contributed by atoms with E-state index >= 15 is 0 Å². The van der Waals surface area contributed by atoms with Crippen LogP contribution in [0.4, 0.5) is 0 Å². The number of pyridine rings is 1. The molecule has 1 amide bonds. The number of aryl methyl sites for hydroxylation is 3. The molecule has 27 heavy (non-hydrogen) atoms. The summed E-state index contributed by atoms with van der Waals surface area (Å²) in [5.74, 6) is 0.638. The van der Waals surface area contributed by atoms with Gasteiger partial charge in [-0.15, -0.1) is 0 Å². The second kappa shape index (κ2) is 6.96. The molecule has 0 N–H and O–H groups in total. The highest BCUT2D eigenvalue weighted by molar-refractivity contribution is 5.92. The largest absolute Gasteiger partial charge is 0.368 e. The molecule has 1 fully saturated rings. The third kappa shape index (κ3) is 3.35. The van der Waals surface area contributed by atoms with E-state index in [0.29, 0.717) is 25.4 Å². The Labute approximate surface area is 156 Å². The first-order valence-electron chi connectivity index (χ1n) is 8.82. The van der Waals surface area contributed by atoms with E-state index in [0.717, 1.165) is 28.4 Å². The third-order valence-corrected chi connectivity index (χ3v) is 4.67. The van der Waals surface area contributed by atoms with Crippen molar-refractivity contribution in [3.63, 3.8) is 0 Å². The molecule has 0 bridgehead atoms. The van der Waals surface area contributed by atoms with Crippen molar-refractivity contribution < 1.29 is 14.1 Å². The van der Waals surface area contributed by atoms with Gasteiger partial charge in [-0.2, -0.15) is 0 Å². The number of hydrogen-bond donors (Lipinski definition) is 0. The van der Waals surface area contributed by atoms with Gasteiger partial charge in [-0.05, 0) is 26.0 Å². The lowest BCUT2D eigenvalue weighted by atomic mass is 10.1. The molecule has 4 rings (SSSR count). The highest BCUT2D eigenvalue weighted by Crippen LogP contribution is 2.28. The Morgan fingerprint density at radius 3 is 2.85 bits per heavy atom. The number of hydrogen-bond acceptors (Lipinski definition) is 6. The predicted molar refractivity (Wildman–Crippen MR) is 97.0 cm³/mol. The number of carbonyl (C=O) groups is 1. The van der Waals surface area contributed by atoms with Crippen LogP contribution in [-0.4, -0.2) is 50.2 Å². The molecule has 0 radical (unpaired) electrons. The zero-order valence-corrected chi connectivity index (χ0v) is 15.5. The fourth-order valence-electron chi connectivity index (χ4n) is 3.32. The van der Waals surface area contributed by atoms with E-state index in [-0.39, 0.29) is 12.0 Å². The highest BCUT2D eigenvalue weighted by Gasteiger charge is 2.28. The molecule has 3 aromatic heterocycles. The van der Waals surface area contributed by atoms with E-state index in [1.807, 2.05) is 39.1 Å². The molecule has 4 heterocycles. The Bertz CT molecular complexity index is 958. The van der Waals surface area contributed by atoms with Gasteiger partial charge >= 0.3 is 0 Å². The molecule has 0 spiro atoms. The zero-order valence-electron chi connectivity index (χ0n) is 15.5. The van der Waals surface area contributed by atoms with Crippen LogP contribution in [0.15, 0.2) is 35.2 Å². The molecular weight excluding hydrogens is 346 g/mol. The van der Waals surface area contributed by atoms with Gasteiger partial charge < -0.3 is 18.7 Å². The van der Waals surface area contributed by atoms with Crippen molar-refractivity contribution in [1.82, 2.24) is 24.6 Å². The Hall–Kier alpha value is -3.00. The van der Waals surface area contributed by atoms with Crippen LogP contribution in [-0.2, 0) is 11.8 Å². The summed E-state index contributed by atoms with van der Waals surface area (Å²) in [6.45, 7) is 5.20. The van der Waals surface area contributed by atoms with Crippen molar-refractivity contribution in [2.24, 2.45) is 7.05 Å². The van der Waals surface area contributed by atoms with Crippen LogP contribution in [0.3, 0.4) is 0 Å². The van der Waals surface area contributed by atoms with Gasteiger partial charge in [0.1, 0.15) is 17.6 Å². The van der Waals surface area contributed by atoms with Gasteiger partial charge in [-0.25, -0.2) is 9.97 Å². The summed E-state index contributed by atoms with van der Waals surface area (Å²) >= 11 is 0. The van der Waals surface area contributed by atoms with Crippen LogP contribution in [0.25, 0.3) is 11.3 Å².